The van der Waals surface area contributed by atoms with Crippen molar-refractivity contribution in [2.24, 2.45) is 0 Å². The van der Waals surface area contributed by atoms with Crippen LogP contribution in [0.15, 0.2) is 15.9 Å². The number of nitrogens with one attached hydrogen (secondary N) is 1. The third-order valence-corrected chi connectivity index (χ3v) is 5.36. The third-order valence-electron chi connectivity index (χ3n) is 2.34. The van der Waals surface area contributed by atoms with Gasteiger partial charge in [0.15, 0.2) is 0 Å². The van der Waals surface area contributed by atoms with Crippen LogP contribution in [0.25, 0.3) is 9.88 Å². The Kier molecular flexibility index (Phi) is 4.36. The molecule has 17 heavy (non-hydrogen) atoms. The lowest BCUT2D eigenvalue weighted by atomic mass is 10.3. The number of hydrogen-bond donors (Lipinski definition) is 1. The quantitative estimate of drug-likeness (QED) is 0.896. The standard InChI is InChI=1S/C12H15BrN2S2/c1-7(2)14-5-11-8(3)15-12(17-11)10-4-9(13)6-16-10/h4,6-7,14H,5H2,1-3H3. The monoisotopic (exact) mass is 330 g/mol. The fraction of sp³-hybridized carbons (Fsp3) is 0.417. The Labute approximate surface area is 118 Å². The normalized spacial score (nSPS) is 11.4. The molecule has 0 saturated heterocycles. The Hall–Kier alpha value is -0.230. The molecule has 1 N–H and O–H groups in total. The highest BCUT2D eigenvalue weighted by Crippen LogP contribution is 2.34. The van der Waals surface area contributed by atoms with E-state index in [0.717, 1.165) is 21.7 Å². The summed E-state index contributed by atoms with van der Waals surface area (Å²) in [4.78, 5) is 7.21. The van der Waals surface area contributed by atoms with E-state index in [1.807, 2.05) is 0 Å². The highest BCUT2D eigenvalue weighted by molar-refractivity contribution is 9.10. The largest absolute Gasteiger partial charge is 0.310 e. The molecule has 2 rings (SSSR count). The van der Waals surface area contributed by atoms with Crippen LogP contribution in [0.2, 0.25) is 0 Å². The van der Waals surface area contributed by atoms with Gasteiger partial charge in [-0.3, -0.25) is 0 Å². The summed E-state index contributed by atoms with van der Waals surface area (Å²) in [6.45, 7) is 7.31. The number of thiazole rings is 1. The van der Waals surface area contributed by atoms with Crippen LogP contribution in [-0.4, -0.2) is 11.0 Å². The van der Waals surface area contributed by atoms with Gasteiger partial charge in [0, 0.05) is 27.3 Å². The van der Waals surface area contributed by atoms with Crippen molar-refractivity contribution in [2.75, 3.05) is 0 Å². The van der Waals surface area contributed by atoms with E-state index < -0.39 is 0 Å². The molecule has 2 aromatic rings. The second kappa shape index (κ2) is 5.61. The number of nitrogens with zero attached hydrogens (tertiary/aromatic N) is 1. The molecule has 2 nitrogen and oxygen atoms in total. The number of thiophene rings is 1. The summed E-state index contributed by atoms with van der Waals surface area (Å²) in [6.07, 6.45) is 0. The SMILES string of the molecule is Cc1nc(-c2cc(Br)cs2)sc1CNC(C)C. The van der Waals surface area contributed by atoms with Gasteiger partial charge in [-0.15, -0.1) is 22.7 Å². The van der Waals surface area contributed by atoms with Gasteiger partial charge in [0.2, 0.25) is 0 Å². The van der Waals surface area contributed by atoms with Crippen LogP contribution in [0.5, 0.6) is 0 Å². The van der Waals surface area contributed by atoms with Crippen molar-refractivity contribution in [3.05, 3.63) is 26.5 Å². The van der Waals surface area contributed by atoms with Crippen LogP contribution in [-0.2, 0) is 6.54 Å². The fourth-order valence-corrected chi connectivity index (χ4v) is 3.92. The van der Waals surface area contributed by atoms with Crippen LogP contribution in [0, 0.1) is 6.92 Å². The van der Waals surface area contributed by atoms with Crippen molar-refractivity contribution in [1.82, 2.24) is 10.3 Å². The van der Waals surface area contributed by atoms with Crippen molar-refractivity contribution >= 4 is 38.6 Å². The average Bonchev–Trinajstić information content (AvgIpc) is 2.82. The highest BCUT2D eigenvalue weighted by atomic mass is 79.9. The fourth-order valence-electron chi connectivity index (χ4n) is 1.42. The lowest BCUT2D eigenvalue weighted by Gasteiger charge is -2.05. The van der Waals surface area contributed by atoms with Gasteiger partial charge in [-0.2, -0.15) is 0 Å². The molecule has 0 aliphatic carbocycles. The summed E-state index contributed by atoms with van der Waals surface area (Å²) in [5.41, 5.74) is 1.14. The molecule has 92 valence electrons. The maximum Gasteiger partial charge on any atom is 0.133 e. The second-order valence-electron chi connectivity index (χ2n) is 4.19. The molecule has 0 radical (unpaired) electrons. The first kappa shape index (κ1) is 13.2. The number of rotatable bonds is 4. The second-order valence-corrected chi connectivity index (χ2v) is 7.10. The van der Waals surface area contributed by atoms with Crippen LogP contribution in [0.4, 0.5) is 0 Å². The van der Waals surface area contributed by atoms with Crippen molar-refractivity contribution in [3.8, 4) is 9.88 Å². The molecule has 0 bridgehead atoms. The van der Waals surface area contributed by atoms with Crippen molar-refractivity contribution in [1.29, 1.82) is 0 Å². The van der Waals surface area contributed by atoms with Gasteiger partial charge >= 0.3 is 0 Å². The van der Waals surface area contributed by atoms with Crippen LogP contribution < -0.4 is 5.32 Å². The summed E-state index contributed by atoms with van der Waals surface area (Å²) < 4.78 is 1.13. The minimum absolute atomic E-state index is 0.510. The average molecular weight is 331 g/mol. The van der Waals surface area contributed by atoms with E-state index in [1.165, 1.54) is 9.75 Å². The lowest BCUT2D eigenvalue weighted by Crippen LogP contribution is -2.21. The van der Waals surface area contributed by atoms with Gasteiger partial charge in [-0.05, 0) is 28.9 Å². The molecule has 2 heterocycles. The molecule has 0 saturated carbocycles. The van der Waals surface area contributed by atoms with E-state index in [2.05, 4.69) is 58.4 Å². The molecule has 0 aliphatic rings. The zero-order valence-corrected chi connectivity index (χ0v) is 13.3. The van der Waals surface area contributed by atoms with E-state index >= 15 is 0 Å². The maximum atomic E-state index is 4.64. The topological polar surface area (TPSA) is 24.9 Å². The molecule has 2 aromatic heterocycles. The van der Waals surface area contributed by atoms with E-state index in [4.69, 9.17) is 0 Å². The molecule has 0 aliphatic heterocycles. The van der Waals surface area contributed by atoms with E-state index in [1.54, 1.807) is 22.7 Å². The first-order valence-electron chi connectivity index (χ1n) is 5.50. The Balaban J connectivity index is 2.18. The zero-order valence-electron chi connectivity index (χ0n) is 10.1. The van der Waals surface area contributed by atoms with Crippen LogP contribution in [0.1, 0.15) is 24.4 Å². The van der Waals surface area contributed by atoms with E-state index in [0.29, 0.717) is 6.04 Å². The van der Waals surface area contributed by atoms with Crippen LogP contribution >= 0.6 is 38.6 Å². The molecule has 0 unspecified atom stereocenters. The van der Waals surface area contributed by atoms with Gasteiger partial charge in [0.25, 0.3) is 0 Å². The van der Waals surface area contributed by atoms with Crippen LogP contribution in [0.3, 0.4) is 0 Å². The summed E-state index contributed by atoms with van der Waals surface area (Å²) in [5, 5.41) is 6.66. The van der Waals surface area contributed by atoms with Gasteiger partial charge in [-0.1, -0.05) is 13.8 Å². The molecular formula is C12H15BrN2S2. The molecule has 0 aromatic carbocycles. The Morgan fingerprint density at radius 3 is 2.82 bits per heavy atom. The van der Waals surface area contributed by atoms with E-state index in [-0.39, 0.29) is 0 Å². The predicted molar refractivity (Wildman–Crippen MR) is 79.8 cm³/mol. The number of aryl methyl sites for hydroxylation is 1. The van der Waals surface area contributed by atoms with Gasteiger partial charge in [0.1, 0.15) is 5.01 Å². The minimum Gasteiger partial charge on any atom is -0.310 e. The van der Waals surface area contributed by atoms with Crippen molar-refractivity contribution in [3.63, 3.8) is 0 Å². The Bertz CT molecular complexity index is 502. The summed E-state index contributed by atoms with van der Waals surface area (Å²) in [6, 6.07) is 2.64. The predicted octanol–water partition coefficient (Wildman–Crippen LogP) is 4.44. The lowest BCUT2D eigenvalue weighted by molar-refractivity contribution is 0.591. The van der Waals surface area contributed by atoms with E-state index in [9.17, 15) is 0 Å². The zero-order chi connectivity index (χ0) is 12.4. The first-order chi connectivity index (χ1) is 8.06. The molecular weight excluding hydrogens is 316 g/mol. The minimum atomic E-state index is 0.510. The molecule has 0 fully saturated rings. The van der Waals surface area contributed by atoms with Gasteiger partial charge in [0.05, 0.1) is 10.6 Å². The molecule has 0 amide bonds. The molecule has 0 spiro atoms. The number of hydrogen-bond acceptors (Lipinski definition) is 4. The Morgan fingerprint density at radius 1 is 1.47 bits per heavy atom. The summed E-state index contributed by atoms with van der Waals surface area (Å²) in [7, 11) is 0. The first-order valence-corrected chi connectivity index (χ1v) is 7.99. The number of aromatic nitrogens is 1. The third kappa shape index (κ3) is 3.37. The molecule has 5 heteroatoms. The smallest absolute Gasteiger partial charge is 0.133 e. The van der Waals surface area contributed by atoms with Gasteiger partial charge in [-0.25, -0.2) is 4.98 Å². The van der Waals surface area contributed by atoms with Crippen molar-refractivity contribution in [2.45, 2.75) is 33.4 Å². The summed E-state index contributed by atoms with van der Waals surface area (Å²) >= 11 is 6.99. The summed E-state index contributed by atoms with van der Waals surface area (Å²) in [5.74, 6) is 0. The maximum absolute atomic E-state index is 4.64. The number of halogens is 1. The molecule has 0 atom stereocenters. The van der Waals surface area contributed by atoms with Gasteiger partial charge < -0.3 is 5.32 Å². The Morgan fingerprint density at radius 2 is 2.24 bits per heavy atom. The van der Waals surface area contributed by atoms with Crippen molar-refractivity contribution < 1.29 is 0 Å². The highest BCUT2D eigenvalue weighted by Gasteiger charge is 2.11.